The molecule has 2 aromatic rings. The van der Waals surface area contributed by atoms with E-state index in [2.05, 4.69) is 22.0 Å². The molecule has 3 aliphatic rings. The van der Waals surface area contributed by atoms with Crippen molar-refractivity contribution in [3.05, 3.63) is 77.4 Å². The average Bonchev–Trinajstić information content (AvgIpc) is 3.16. The molecule has 2 aromatic carbocycles. The second kappa shape index (κ2) is 10.6. The molecule has 2 aliphatic heterocycles. The van der Waals surface area contributed by atoms with E-state index in [1.54, 1.807) is 6.07 Å². The van der Waals surface area contributed by atoms with E-state index < -0.39 is 17.6 Å². The van der Waals surface area contributed by atoms with Crippen molar-refractivity contribution in [2.45, 2.75) is 31.1 Å². The molecule has 8 nitrogen and oxygen atoms in total. The van der Waals surface area contributed by atoms with Crippen molar-refractivity contribution < 1.29 is 37.4 Å². The molecule has 0 aromatic heterocycles. The summed E-state index contributed by atoms with van der Waals surface area (Å²) in [4.78, 5) is 35.3. The van der Waals surface area contributed by atoms with Crippen molar-refractivity contribution >= 4 is 17.8 Å². The van der Waals surface area contributed by atoms with Gasteiger partial charge in [-0.2, -0.15) is 13.2 Å². The molecule has 196 valence electrons. The third kappa shape index (κ3) is 5.77. The highest BCUT2D eigenvalue weighted by Crippen LogP contribution is 2.35. The van der Waals surface area contributed by atoms with Gasteiger partial charge in [0.05, 0.1) is 23.1 Å². The van der Waals surface area contributed by atoms with Gasteiger partial charge in [-0.1, -0.05) is 48.6 Å². The molecule has 1 saturated heterocycles. The Hall–Kier alpha value is -3.86. The predicted octanol–water partition coefficient (Wildman–Crippen LogP) is 2.76. The molecule has 4 N–H and O–H groups in total. The van der Waals surface area contributed by atoms with E-state index in [0.717, 1.165) is 11.1 Å². The largest absolute Gasteiger partial charge is 0.490 e. The number of alkyl halides is 3. The summed E-state index contributed by atoms with van der Waals surface area (Å²) in [5.41, 5.74) is 2.28. The number of nitrogens with one attached hydrogen (secondary N) is 3. The molecule has 0 bridgehead atoms. The van der Waals surface area contributed by atoms with Crippen LogP contribution in [0.25, 0.3) is 0 Å². The summed E-state index contributed by atoms with van der Waals surface area (Å²) in [7, 11) is 0. The molecule has 1 aliphatic carbocycles. The Balaban J connectivity index is 0.000000405. The summed E-state index contributed by atoms with van der Waals surface area (Å²) in [5, 5.41) is 16.8. The molecule has 2 amide bonds. The summed E-state index contributed by atoms with van der Waals surface area (Å²) < 4.78 is 37.6. The lowest BCUT2D eigenvalue weighted by atomic mass is 9.77. The number of aliphatic carboxylic acids is 1. The van der Waals surface area contributed by atoms with E-state index in [1.807, 2.05) is 48.6 Å². The Morgan fingerprint density at radius 1 is 1.00 bits per heavy atom. The van der Waals surface area contributed by atoms with Gasteiger partial charge in [0.2, 0.25) is 5.91 Å². The second-order valence-corrected chi connectivity index (χ2v) is 9.10. The third-order valence-corrected chi connectivity index (χ3v) is 6.63. The van der Waals surface area contributed by atoms with E-state index in [1.165, 1.54) is 0 Å². The number of carboxylic acids is 1. The first-order valence-electron chi connectivity index (χ1n) is 11.7. The van der Waals surface area contributed by atoms with E-state index >= 15 is 0 Å². The van der Waals surface area contributed by atoms with Crippen LogP contribution in [0.3, 0.4) is 0 Å². The molecule has 2 heterocycles. The maximum absolute atomic E-state index is 13.3. The molecule has 0 saturated carbocycles. The van der Waals surface area contributed by atoms with Crippen LogP contribution in [0, 0.1) is 5.41 Å². The summed E-state index contributed by atoms with van der Waals surface area (Å²) >= 11 is 0. The third-order valence-electron chi connectivity index (χ3n) is 6.63. The van der Waals surface area contributed by atoms with E-state index in [0.29, 0.717) is 43.9 Å². The Morgan fingerprint density at radius 3 is 2.35 bits per heavy atom. The van der Waals surface area contributed by atoms with Gasteiger partial charge < -0.3 is 25.8 Å². The number of ether oxygens (including phenoxy) is 1. The first kappa shape index (κ1) is 26.2. The number of fused-ring (bicyclic) bond motifs is 4. The summed E-state index contributed by atoms with van der Waals surface area (Å²) in [5.74, 6) is -2.35. The van der Waals surface area contributed by atoms with Crippen molar-refractivity contribution in [3.8, 4) is 5.75 Å². The fourth-order valence-electron chi connectivity index (χ4n) is 4.57. The summed E-state index contributed by atoms with van der Waals surface area (Å²) in [6.07, 6.45) is 0.180. The number of hydrogen-bond donors (Lipinski definition) is 4. The van der Waals surface area contributed by atoms with Gasteiger partial charge in [-0.15, -0.1) is 0 Å². The van der Waals surface area contributed by atoms with Crippen LogP contribution in [0.1, 0.15) is 33.9 Å². The molecule has 1 fully saturated rings. The molecule has 0 unspecified atom stereocenters. The summed E-state index contributed by atoms with van der Waals surface area (Å²) in [6.45, 7) is 1.66. The van der Waals surface area contributed by atoms with Crippen molar-refractivity contribution in [2.24, 2.45) is 5.41 Å². The molecule has 2 atom stereocenters. The van der Waals surface area contributed by atoms with Gasteiger partial charge in [0, 0.05) is 13.1 Å². The van der Waals surface area contributed by atoms with Crippen molar-refractivity contribution in [3.63, 3.8) is 0 Å². The highest BCUT2D eigenvalue weighted by molar-refractivity contribution is 5.97. The van der Waals surface area contributed by atoms with Crippen LogP contribution < -0.4 is 20.7 Å². The van der Waals surface area contributed by atoms with Crippen molar-refractivity contribution in [1.82, 2.24) is 16.0 Å². The molecule has 0 radical (unpaired) electrons. The first-order chi connectivity index (χ1) is 17.6. The number of carbonyl (C=O) groups excluding carboxylic acids is 2. The van der Waals surface area contributed by atoms with Crippen LogP contribution in [0.4, 0.5) is 13.2 Å². The minimum absolute atomic E-state index is 0.0326. The molecular formula is C26H26F3N3O5. The first-order valence-corrected chi connectivity index (χ1v) is 11.7. The topological polar surface area (TPSA) is 117 Å². The monoisotopic (exact) mass is 517 g/mol. The number of amides is 2. The SMILES string of the molecule is O=C(O)C(F)(F)F.O=C1N[C@@H]2Cc3ccccc3[C@H]2NC(=O)C2(C/C=C/COc3ccccc31)CNC2. The number of carbonyl (C=O) groups is 3. The Kier molecular flexibility index (Phi) is 7.53. The molecule has 5 rings (SSSR count). The smallest absolute Gasteiger partial charge is 0.489 e. The van der Waals surface area contributed by atoms with Crippen LogP contribution in [-0.4, -0.2) is 54.8 Å². The predicted molar refractivity (Wildman–Crippen MR) is 127 cm³/mol. The van der Waals surface area contributed by atoms with Gasteiger partial charge in [-0.25, -0.2) is 4.79 Å². The van der Waals surface area contributed by atoms with Crippen LogP contribution in [0.2, 0.25) is 0 Å². The zero-order valence-corrected chi connectivity index (χ0v) is 19.7. The lowest BCUT2D eigenvalue weighted by molar-refractivity contribution is -0.192. The number of rotatable bonds is 0. The van der Waals surface area contributed by atoms with E-state index in [4.69, 9.17) is 14.6 Å². The highest BCUT2D eigenvalue weighted by Gasteiger charge is 2.46. The Morgan fingerprint density at radius 2 is 1.68 bits per heavy atom. The maximum Gasteiger partial charge on any atom is 0.490 e. The number of carboxylic acid groups (broad SMARTS) is 1. The zero-order valence-electron chi connectivity index (χ0n) is 19.7. The van der Waals surface area contributed by atoms with E-state index in [-0.39, 0.29) is 23.9 Å². The van der Waals surface area contributed by atoms with Crippen LogP contribution in [-0.2, 0) is 16.0 Å². The van der Waals surface area contributed by atoms with Crippen LogP contribution in [0.15, 0.2) is 60.7 Å². The zero-order chi connectivity index (χ0) is 26.6. The van der Waals surface area contributed by atoms with Gasteiger partial charge in [0.1, 0.15) is 12.4 Å². The molecule has 37 heavy (non-hydrogen) atoms. The summed E-state index contributed by atoms with van der Waals surface area (Å²) in [6, 6.07) is 14.9. The van der Waals surface area contributed by atoms with Gasteiger partial charge in [-0.3, -0.25) is 9.59 Å². The second-order valence-electron chi connectivity index (χ2n) is 9.10. The minimum Gasteiger partial charge on any atom is -0.489 e. The fourth-order valence-corrected chi connectivity index (χ4v) is 4.57. The normalized spacial score (nSPS) is 23.2. The minimum atomic E-state index is -5.08. The van der Waals surface area contributed by atoms with Gasteiger partial charge in [0.25, 0.3) is 5.91 Å². The number of hydrogen-bond acceptors (Lipinski definition) is 5. The standard InChI is InChI=1S/C24H25N3O3.C2HF3O2/c28-22-18-9-3-4-10-20(18)30-12-6-5-11-24(14-25-15-24)23(29)27-21-17-8-2-1-7-16(17)13-19(21)26-22;3-2(4,5)1(6)7/h1-10,19,21,25H,11-15H2,(H,26,28)(H,27,29);(H,6,7)/b6-5+;/t19-,21-;/m1./s1. The van der Waals surface area contributed by atoms with Crippen molar-refractivity contribution in [1.29, 1.82) is 0 Å². The quantitative estimate of drug-likeness (QED) is 0.400. The van der Waals surface area contributed by atoms with Gasteiger partial charge in [0.15, 0.2) is 0 Å². The molecule has 11 heteroatoms. The molecular weight excluding hydrogens is 491 g/mol. The Labute approximate surface area is 210 Å². The van der Waals surface area contributed by atoms with Crippen LogP contribution >= 0.6 is 0 Å². The number of halogens is 3. The maximum atomic E-state index is 13.3. The lowest BCUT2D eigenvalue weighted by Gasteiger charge is -2.41. The van der Waals surface area contributed by atoms with Crippen molar-refractivity contribution in [2.75, 3.05) is 19.7 Å². The Bertz CT molecular complexity index is 1210. The van der Waals surface area contributed by atoms with Gasteiger partial charge >= 0.3 is 12.1 Å². The fraction of sp³-hybridized carbons (Fsp3) is 0.346. The molecule has 1 spiro atoms. The van der Waals surface area contributed by atoms with E-state index in [9.17, 15) is 22.8 Å². The number of allylic oxidation sites excluding steroid dienone is 1. The number of benzene rings is 2. The highest BCUT2D eigenvalue weighted by atomic mass is 19.4. The van der Waals surface area contributed by atoms with Gasteiger partial charge in [-0.05, 0) is 36.1 Å². The van der Waals surface area contributed by atoms with Crippen LogP contribution in [0.5, 0.6) is 5.75 Å². The average molecular weight is 518 g/mol. The lowest BCUT2D eigenvalue weighted by Crippen LogP contribution is -2.62. The number of para-hydroxylation sites is 1.